The number of aliphatic hydroxyl groups is 2. The van der Waals surface area contributed by atoms with E-state index >= 15 is 0 Å². The summed E-state index contributed by atoms with van der Waals surface area (Å²) in [5, 5.41) is 75.0. The molecule has 0 amide bonds. The van der Waals surface area contributed by atoms with Crippen molar-refractivity contribution in [3.8, 4) is 57.5 Å². The molecule has 3 saturated heterocycles. The number of allylic oxidation sites excluding steroid dienone is 3. The second-order valence-corrected chi connectivity index (χ2v) is 32.5. The molecule has 12 N–H and O–H groups in total. The number of fused-ring (bicyclic) bond motifs is 5. The van der Waals surface area contributed by atoms with Crippen LogP contribution in [-0.2, 0) is 33.6 Å². The van der Waals surface area contributed by atoms with Gasteiger partial charge in [-0.1, -0.05) is 60.7 Å². The van der Waals surface area contributed by atoms with E-state index in [4.69, 9.17) is 74.4 Å². The van der Waals surface area contributed by atoms with Crippen molar-refractivity contribution in [1.29, 1.82) is 27.0 Å². The normalized spacial score (nSPS) is 17.8. The van der Waals surface area contributed by atoms with Crippen LogP contribution in [0, 0.1) is 34.0 Å². The number of nitrogens with zero attached hydrogens (tertiary/aromatic N) is 8. The molecule has 8 aliphatic heterocycles. The van der Waals surface area contributed by atoms with Crippen molar-refractivity contribution in [2.45, 2.75) is 58.5 Å². The largest absolute Gasteiger partial charge is 0.509 e. The summed E-state index contributed by atoms with van der Waals surface area (Å²) in [6.45, 7) is 7.97. The van der Waals surface area contributed by atoms with Gasteiger partial charge in [0.05, 0.1) is 193 Å². The number of pyridine rings is 1. The Balaban J connectivity index is 0.000000122. The zero-order chi connectivity index (χ0) is 94.8. The first-order valence-corrected chi connectivity index (χ1v) is 42.6. The number of anilines is 8. The summed E-state index contributed by atoms with van der Waals surface area (Å²) in [7, 11) is 15.8. The summed E-state index contributed by atoms with van der Waals surface area (Å²) in [5.41, 5.74) is 17.7. The predicted octanol–water partition coefficient (Wildman–Crippen LogP) is 16.5. The lowest BCUT2D eigenvalue weighted by molar-refractivity contribution is -0.114. The van der Waals surface area contributed by atoms with Gasteiger partial charge in [0, 0.05) is 145 Å². The Morgan fingerprint density at radius 2 is 0.746 bits per heavy atom. The molecule has 20 rings (SSSR count). The highest BCUT2D eigenvalue weighted by molar-refractivity contribution is 6.36. The third-order valence-electron chi connectivity index (χ3n) is 24.2. The first kappa shape index (κ1) is 90.5. The summed E-state index contributed by atoms with van der Waals surface area (Å²) in [6.07, 6.45) is 5.32. The van der Waals surface area contributed by atoms with Gasteiger partial charge in [-0.3, -0.25) is 46.4 Å². The molecule has 1 unspecified atom stereocenters. The number of rotatable bonds is 17. The molecule has 3 aromatic heterocycles. The van der Waals surface area contributed by atoms with Crippen LogP contribution < -0.4 is 87.8 Å². The Morgan fingerprint density at radius 1 is 0.388 bits per heavy atom. The van der Waals surface area contributed by atoms with E-state index < -0.39 is 11.6 Å². The Bertz CT molecular complexity index is 6590. The number of ether oxygens (including phenoxy) is 10. The number of hydrogen-bond acceptors (Lipinski definition) is 26. The van der Waals surface area contributed by atoms with Crippen LogP contribution in [0.1, 0.15) is 54.7 Å². The number of hydrogen-bond donors (Lipinski definition) is 12. The van der Waals surface area contributed by atoms with Crippen LogP contribution >= 0.6 is 0 Å². The quantitative estimate of drug-likeness (QED) is 0.0377. The molecule has 0 spiro atoms. The van der Waals surface area contributed by atoms with Crippen LogP contribution in [0.2, 0.25) is 0 Å². The molecule has 9 aromatic carbocycles. The molecule has 8 aliphatic rings. The molecule has 11 heterocycles. The topological polar surface area (TPSA) is 426 Å². The number of amidine groups is 5. The number of ketones is 3. The Morgan fingerprint density at radius 3 is 1.15 bits per heavy atom. The van der Waals surface area contributed by atoms with Gasteiger partial charge in [0.2, 0.25) is 0 Å². The molecule has 0 aliphatic carbocycles. The number of para-hydroxylation sites is 6. The summed E-state index contributed by atoms with van der Waals surface area (Å²) in [5.74, 6) is 7.92. The average molecular weight is 1810 g/mol. The zero-order valence-electron chi connectivity index (χ0n) is 76.2. The number of aromatic nitrogens is 5. The van der Waals surface area contributed by atoms with Gasteiger partial charge in [-0.25, -0.2) is 9.97 Å². The van der Waals surface area contributed by atoms with E-state index in [9.17, 15) is 24.6 Å². The second-order valence-electron chi connectivity index (χ2n) is 32.5. The van der Waals surface area contributed by atoms with Gasteiger partial charge in [-0.15, -0.1) is 0 Å². The second kappa shape index (κ2) is 37.7. The highest BCUT2D eigenvalue weighted by Gasteiger charge is 2.47. The molecule has 33 nitrogen and oxygen atoms in total. The number of imidazole rings is 2. The molecule has 0 bridgehead atoms. The number of aryl methyl sites for hydroxylation is 1. The smallest absolute Gasteiger partial charge is 0.188 e. The van der Waals surface area contributed by atoms with Crippen LogP contribution in [0.4, 0.5) is 45.5 Å². The number of H-pyrrole nitrogens is 2. The highest BCUT2D eigenvalue weighted by Crippen LogP contribution is 2.47. The summed E-state index contributed by atoms with van der Waals surface area (Å²) in [4.78, 5) is 66.2. The minimum absolute atomic E-state index is 0.0604. The fourth-order valence-electron chi connectivity index (χ4n) is 17.3. The maximum Gasteiger partial charge on any atom is 0.188 e. The number of carbonyl (C=O) groups excluding carboxylic acids is 3. The number of methoxy groups -OCH3 is 10. The minimum atomic E-state index is -0.844. The molecule has 1 atom stereocenters. The number of aliphatic hydroxyl groups excluding tert-OH is 2. The van der Waals surface area contributed by atoms with Crippen LogP contribution in [-0.4, -0.2) is 184 Å². The van der Waals surface area contributed by atoms with Crippen molar-refractivity contribution >= 4 is 125 Å². The number of carbonyl (C=O) groups is 3. The van der Waals surface area contributed by atoms with E-state index in [2.05, 4.69) is 46.9 Å². The maximum absolute atomic E-state index is 12.8. The summed E-state index contributed by atoms with van der Waals surface area (Å²) >= 11 is 0. The van der Waals surface area contributed by atoms with Crippen molar-refractivity contribution < 1.29 is 72.0 Å². The van der Waals surface area contributed by atoms with Crippen molar-refractivity contribution in [2.24, 2.45) is 0 Å². The molecule has 684 valence electrons. The summed E-state index contributed by atoms with van der Waals surface area (Å²) < 4.78 is 53.2. The highest BCUT2D eigenvalue weighted by atomic mass is 16.5. The van der Waals surface area contributed by atoms with Gasteiger partial charge in [-0.05, 0) is 86.3 Å². The van der Waals surface area contributed by atoms with Gasteiger partial charge in [0.1, 0.15) is 110 Å². The van der Waals surface area contributed by atoms with Gasteiger partial charge < -0.3 is 108 Å². The van der Waals surface area contributed by atoms with E-state index in [1.807, 2.05) is 143 Å². The lowest BCUT2D eigenvalue weighted by atomic mass is 10.0. The lowest BCUT2D eigenvalue weighted by Crippen LogP contribution is -2.43. The standard InChI is InChI=1S/C21H22N4O3.C21H21N3O3.C20H20N4O3.C20H19N3O3.C19H18N4O3/c1-21(2)18(26)17(20-23-15-7-5-6-8-16(15)24-20)19(22)25(21)12-9-13(27-3)11-14(10-12)28-4;1-12-5-4-6-13-7-17(23-20(12)13)19-18(25)11-24(21(19)22)14-8-15(26-2)10-16(9-14)27-3;1-11-18(25)17(20-22-15-6-4-5-7-16(15)23-20)19(21)24(11)12-8-13(26-2)10-14(9-12)27-3;1-25-14-8-13(9-15(10-14)26-2)23-11-18(24)19(20(23)21)17-7-12-5-3-4-6-16(12)22-17;1-25-13-6-12(7-14(8-13)26-2)23-10-17(24)18(19(23)20)15-5-11-3-4-21-9-16(11)22-15/h5-11,22,26H,1-4H3,(H,23,24);4-6,8-10,22-23H,7,11H2,1-3H3;4-11,21,25H,1-3H3,(H,22,23);3-6,8-10,21-22H,7,11H2,1-2H3;3-4,6-9,20,22H,5,10H2,1-2H3. The fraction of sp³-hybridized carbons (Fsp3) is 0.218. The van der Waals surface area contributed by atoms with Crippen molar-refractivity contribution in [1.82, 2.24) is 24.9 Å². The van der Waals surface area contributed by atoms with Gasteiger partial charge in [0.15, 0.2) is 17.3 Å². The molecule has 134 heavy (non-hydrogen) atoms. The third kappa shape index (κ3) is 17.5. The predicted molar refractivity (Wildman–Crippen MR) is 518 cm³/mol. The van der Waals surface area contributed by atoms with Crippen LogP contribution in [0.5, 0.6) is 57.5 Å². The van der Waals surface area contributed by atoms with Gasteiger partial charge >= 0.3 is 0 Å². The lowest BCUT2D eigenvalue weighted by Gasteiger charge is -2.33. The van der Waals surface area contributed by atoms with Crippen LogP contribution in [0.25, 0.3) is 33.2 Å². The van der Waals surface area contributed by atoms with Gasteiger partial charge in [0.25, 0.3) is 0 Å². The fourth-order valence-corrected chi connectivity index (χ4v) is 17.3. The Hall–Kier alpha value is -16.9. The van der Waals surface area contributed by atoms with Crippen LogP contribution in [0.3, 0.4) is 0 Å². The van der Waals surface area contributed by atoms with Crippen LogP contribution in [0.15, 0.2) is 246 Å². The first-order chi connectivity index (χ1) is 64.6. The third-order valence-corrected chi connectivity index (χ3v) is 24.2. The van der Waals surface area contributed by atoms with E-state index in [-0.39, 0.29) is 77.7 Å². The van der Waals surface area contributed by atoms with Crippen molar-refractivity contribution in [2.75, 3.05) is 131 Å². The average Bonchev–Trinajstić information content (AvgIpc) is 1.58. The van der Waals surface area contributed by atoms with E-state index in [0.717, 1.165) is 78.5 Å². The molecular formula is C101H100N18O15. The first-order valence-electron chi connectivity index (χ1n) is 42.6. The van der Waals surface area contributed by atoms with E-state index in [1.165, 1.54) is 0 Å². The molecular weight excluding hydrogens is 1710 g/mol. The molecule has 33 heteroatoms. The minimum Gasteiger partial charge on any atom is -0.509 e. The molecule has 0 radical (unpaired) electrons. The molecule has 0 saturated carbocycles. The molecule has 3 fully saturated rings. The number of aromatic amines is 2. The number of nitrogens with one attached hydrogen (secondary N) is 10. The SMILES string of the molecule is COc1cc(OC)cc(N2C(=N)C(c3nc4ccccc4[nH]3)=C(O)C2(C)C)c1.COc1cc(OC)cc(N2C(=N)C(c3nc4ccccc4[nH]3)=C(O)C2C)c1.COc1cc(OC)cc(N2CC(=O)C(=C3Cc4cccc(C)c4N3)C2=N)c1.COc1cc(OC)cc(N2CC(=O)C(=C3Cc4ccccc4N3)C2=N)c1.COc1cc(OC)cc(N2CC(=O)C(=C3Cc4ccncc4N3)C2=N)c1. The Kier molecular flexibility index (Phi) is 25.4. The zero-order valence-corrected chi connectivity index (χ0v) is 76.2. The van der Waals surface area contributed by atoms with Crippen molar-refractivity contribution in [3.63, 3.8) is 0 Å². The number of Topliss-reactive ketones (excluding diaryl/α,β-unsaturated/α-hetero) is 3. The monoisotopic (exact) mass is 1800 g/mol. The van der Waals surface area contributed by atoms with E-state index in [0.29, 0.717) is 145 Å². The van der Waals surface area contributed by atoms with E-state index in [1.54, 1.807) is 175 Å². The van der Waals surface area contributed by atoms with Gasteiger partial charge in [-0.2, -0.15) is 0 Å². The Labute approximate surface area is 772 Å². The molecule has 12 aromatic rings. The van der Waals surface area contributed by atoms with Crippen molar-refractivity contribution in [3.05, 3.63) is 280 Å². The maximum atomic E-state index is 12.8. The number of benzene rings is 9. The summed E-state index contributed by atoms with van der Waals surface area (Å²) in [6, 6.07) is 57.6.